The minimum Gasteiger partial charge on any atom is -0.322 e. The summed E-state index contributed by atoms with van der Waals surface area (Å²) in [6.45, 7) is 6.98. The maximum Gasteiger partial charge on any atom is 0.0485 e. The maximum absolute atomic E-state index is 6.46. The standard InChI is InChI=1S/C14H24N2S/c1-14(2,13(15)12-7-10-17-11-12)16-8-5-3-4-6-9-16/h7,10-11,13H,3-6,8-9,15H2,1-2H3. The monoisotopic (exact) mass is 252 g/mol. The van der Waals surface area contributed by atoms with E-state index < -0.39 is 0 Å². The highest BCUT2D eigenvalue weighted by Crippen LogP contribution is 2.31. The largest absolute Gasteiger partial charge is 0.322 e. The first-order chi connectivity index (χ1) is 8.12. The molecule has 0 radical (unpaired) electrons. The Hall–Kier alpha value is -0.380. The SMILES string of the molecule is CC(C)(C(N)c1ccsc1)N1CCCCCC1. The zero-order valence-electron chi connectivity index (χ0n) is 11.0. The quantitative estimate of drug-likeness (QED) is 0.893. The summed E-state index contributed by atoms with van der Waals surface area (Å²) in [6.07, 6.45) is 5.39. The van der Waals surface area contributed by atoms with Crippen molar-refractivity contribution in [3.63, 3.8) is 0 Å². The Bertz CT molecular complexity index is 324. The highest BCUT2D eigenvalue weighted by Gasteiger charge is 2.34. The molecule has 0 aliphatic carbocycles. The van der Waals surface area contributed by atoms with E-state index in [1.54, 1.807) is 11.3 Å². The van der Waals surface area contributed by atoms with Gasteiger partial charge in [0.2, 0.25) is 0 Å². The van der Waals surface area contributed by atoms with Gasteiger partial charge in [0.15, 0.2) is 0 Å². The van der Waals surface area contributed by atoms with Gasteiger partial charge in [-0.2, -0.15) is 11.3 Å². The number of nitrogens with zero attached hydrogens (tertiary/aromatic N) is 1. The van der Waals surface area contributed by atoms with Crippen LogP contribution >= 0.6 is 11.3 Å². The summed E-state index contributed by atoms with van der Waals surface area (Å²) in [5.41, 5.74) is 7.81. The molecule has 1 aromatic rings. The van der Waals surface area contributed by atoms with E-state index in [9.17, 15) is 0 Å². The molecule has 2 rings (SSSR count). The van der Waals surface area contributed by atoms with Gasteiger partial charge in [0, 0.05) is 11.6 Å². The topological polar surface area (TPSA) is 29.3 Å². The summed E-state index contributed by atoms with van der Waals surface area (Å²) in [4.78, 5) is 2.59. The smallest absolute Gasteiger partial charge is 0.0485 e. The van der Waals surface area contributed by atoms with E-state index in [1.807, 2.05) is 0 Å². The molecule has 0 aromatic carbocycles. The minimum absolute atomic E-state index is 0.0609. The van der Waals surface area contributed by atoms with Crippen LogP contribution in [0.3, 0.4) is 0 Å². The fourth-order valence-electron chi connectivity index (χ4n) is 2.70. The van der Waals surface area contributed by atoms with Crippen molar-refractivity contribution < 1.29 is 0 Å². The van der Waals surface area contributed by atoms with E-state index >= 15 is 0 Å². The van der Waals surface area contributed by atoms with E-state index in [1.165, 1.54) is 44.3 Å². The molecule has 0 bridgehead atoms. The molecule has 1 aromatic heterocycles. The summed E-state index contributed by atoms with van der Waals surface area (Å²) >= 11 is 1.74. The van der Waals surface area contributed by atoms with Crippen LogP contribution in [0.5, 0.6) is 0 Å². The third-order valence-electron chi connectivity index (χ3n) is 4.08. The summed E-state index contributed by atoms with van der Waals surface area (Å²) < 4.78 is 0. The molecule has 0 amide bonds. The number of thiophene rings is 1. The predicted molar refractivity (Wildman–Crippen MR) is 75.4 cm³/mol. The lowest BCUT2D eigenvalue weighted by molar-refractivity contribution is 0.0981. The molecule has 17 heavy (non-hydrogen) atoms. The second-order valence-corrected chi connectivity index (χ2v) is 6.37. The maximum atomic E-state index is 6.46. The number of rotatable bonds is 3. The van der Waals surface area contributed by atoms with Gasteiger partial charge in [0.25, 0.3) is 0 Å². The molecule has 0 spiro atoms. The Labute approximate surface area is 109 Å². The minimum atomic E-state index is 0.0609. The van der Waals surface area contributed by atoms with Gasteiger partial charge in [-0.05, 0) is 62.2 Å². The van der Waals surface area contributed by atoms with E-state index in [-0.39, 0.29) is 11.6 Å². The number of likely N-dealkylation sites (tertiary alicyclic amines) is 1. The van der Waals surface area contributed by atoms with Crippen molar-refractivity contribution in [2.24, 2.45) is 5.73 Å². The second kappa shape index (κ2) is 5.51. The third-order valence-corrected chi connectivity index (χ3v) is 4.79. The number of hydrogen-bond donors (Lipinski definition) is 1. The van der Waals surface area contributed by atoms with Crippen molar-refractivity contribution in [2.45, 2.75) is 51.1 Å². The Morgan fingerprint density at radius 3 is 2.41 bits per heavy atom. The van der Waals surface area contributed by atoms with Crippen LogP contribution in [0.2, 0.25) is 0 Å². The molecule has 1 saturated heterocycles. The second-order valence-electron chi connectivity index (χ2n) is 5.59. The van der Waals surface area contributed by atoms with Crippen molar-refractivity contribution in [1.29, 1.82) is 0 Å². The lowest BCUT2D eigenvalue weighted by Gasteiger charge is -2.42. The normalized spacial score (nSPS) is 21.1. The average Bonchev–Trinajstić information content (AvgIpc) is 2.69. The van der Waals surface area contributed by atoms with Crippen molar-refractivity contribution in [3.8, 4) is 0 Å². The lowest BCUT2D eigenvalue weighted by atomic mass is 9.88. The molecular formula is C14H24N2S. The number of nitrogens with two attached hydrogens (primary N) is 1. The Morgan fingerprint density at radius 1 is 1.24 bits per heavy atom. The third kappa shape index (κ3) is 2.90. The molecule has 3 heteroatoms. The Morgan fingerprint density at radius 2 is 1.88 bits per heavy atom. The van der Waals surface area contributed by atoms with Crippen LogP contribution in [0, 0.1) is 0 Å². The van der Waals surface area contributed by atoms with Gasteiger partial charge in [-0.3, -0.25) is 4.90 Å². The summed E-state index contributed by atoms with van der Waals surface area (Å²) in [7, 11) is 0. The van der Waals surface area contributed by atoms with Crippen molar-refractivity contribution >= 4 is 11.3 Å². The van der Waals surface area contributed by atoms with Crippen LogP contribution in [0.4, 0.5) is 0 Å². The zero-order chi connectivity index (χ0) is 12.3. The highest BCUT2D eigenvalue weighted by molar-refractivity contribution is 7.07. The molecule has 1 unspecified atom stereocenters. The molecule has 1 atom stereocenters. The van der Waals surface area contributed by atoms with E-state index in [0.29, 0.717) is 0 Å². The van der Waals surface area contributed by atoms with Gasteiger partial charge in [-0.15, -0.1) is 0 Å². The molecule has 1 aliphatic heterocycles. The molecule has 2 N–H and O–H groups in total. The first-order valence-electron chi connectivity index (χ1n) is 6.65. The fraction of sp³-hybridized carbons (Fsp3) is 0.714. The van der Waals surface area contributed by atoms with Gasteiger partial charge < -0.3 is 5.73 Å². The van der Waals surface area contributed by atoms with Crippen LogP contribution in [-0.2, 0) is 0 Å². The van der Waals surface area contributed by atoms with Crippen molar-refractivity contribution in [1.82, 2.24) is 4.90 Å². The average molecular weight is 252 g/mol. The summed E-state index contributed by atoms with van der Waals surface area (Å²) in [5.74, 6) is 0. The van der Waals surface area contributed by atoms with Crippen LogP contribution in [0.25, 0.3) is 0 Å². The van der Waals surface area contributed by atoms with Crippen LogP contribution in [0.1, 0.15) is 51.1 Å². The highest BCUT2D eigenvalue weighted by atomic mass is 32.1. The van der Waals surface area contributed by atoms with Gasteiger partial charge >= 0.3 is 0 Å². The van der Waals surface area contributed by atoms with Gasteiger partial charge in [0.05, 0.1) is 0 Å². The Kier molecular flexibility index (Phi) is 4.23. The molecule has 2 heterocycles. The molecule has 0 saturated carbocycles. The summed E-state index contributed by atoms with van der Waals surface area (Å²) in [6, 6.07) is 2.28. The number of hydrogen-bond acceptors (Lipinski definition) is 3. The first-order valence-corrected chi connectivity index (χ1v) is 7.59. The van der Waals surface area contributed by atoms with Crippen LogP contribution < -0.4 is 5.73 Å². The fourth-order valence-corrected chi connectivity index (χ4v) is 3.40. The van der Waals surface area contributed by atoms with Gasteiger partial charge in [0.1, 0.15) is 0 Å². The molecular weight excluding hydrogens is 228 g/mol. The van der Waals surface area contributed by atoms with Gasteiger partial charge in [-0.1, -0.05) is 12.8 Å². The predicted octanol–water partition coefficient (Wildman–Crippen LogP) is 3.40. The molecule has 2 nitrogen and oxygen atoms in total. The van der Waals surface area contributed by atoms with Crippen LogP contribution in [-0.4, -0.2) is 23.5 Å². The zero-order valence-corrected chi connectivity index (χ0v) is 11.8. The van der Waals surface area contributed by atoms with E-state index in [0.717, 1.165) is 0 Å². The van der Waals surface area contributed by atoms with Crippen LogP contribution in [0.15, 0.2) is 16.8 Å². The first kappa shape index (κ1) is 13.1. The van der Waals surface area contributed by atoms with E-state index in [4.69, 9.17) is 5.73 Å². The lowest BCUT2D eigenvalue weighted by Crippen LogP contribution is -2.51. The molecule has 1 aliphatic rings. The van der Waals surface area contributed by atoms with Crippen molar-refractivity contribution in [2.75, 3.05) is 13.1 Å². The molecule has 1 fully saturated rings. The molecule has 96 valence electrons. The summed E-state index contributed by atoms with van der Waals surface area (Å²) in [5, 5.41) is 4.30. The van der Waals surface area contributed by atoms with E-state index in [2.05, 4.69) is 35.6 Å². The van der Waals surface area contributed by atoms with Gasteiger partial charge in [-0.25, -0.2) is 0 Å². The van der Waals surface area contributed by atoms with Crippen molar-refractivity contribution in [3.05, 3.63) is 22.4 Å². The Balaban J connectivity index is 2.10.